The molecule has 0 unspecified atom stereocenters. The Balaban J connectivity index is 2.11. The van der Waals surface area contributed by atoms with Crippen LogP contribution in [-0.2, 0) is 13.1 Å². The van der Waals surface area contributed by atoms with Gasteiger partial charge in [-0.05, 0) is 18.4 Å². The first kappa shape index (κ1) is 16.7. The monoisotopic (exact) mass is 390 g/mol. The van der Waals surface area contributed by atoms with Crippen LogP contribution < -0.4 is 10.4 Å². The molecule has 7 heteroatoms. The van der Waals surface area contributed by atoms with Crippen molar-refractivity contribution in [2.75, 3.05) is 12.4 Å². The molecule has 0 aliphatic heterocycles. The van der Waals surface area contributed by atoms with Gasteiger partial charge in [-0.25, -0.2) is 9.78 Å². The Morgan fingerprint density at radius 2 is 1.92 bits per heavy atom. The standard InChI is InChI=1S/C17H19BrN4O2/c1-24-16-14-15(19-12-20-16)22(11-13-7-3-2-4-8-13)17(23)21(14)10-6-5-9-18/h2-4,7-8,12H,5-6,9-11H2,1H3. The van der Waals surface area contributed by atoms with Gasteiger partial charge in [-0.3, -0.25) is 9.13 Å². The molecule has 0 bridgehead atoms. The zero-order chi connectivity index (χ0) is 16.9. The summed E-state index contributed by atoms with van der Waals surface area (Å²) in [6.07, 6.45) is 3.33. The van der Waals surface area contributed by atoms with Crippen LogP contribution in [0.4, 0.5) is 0 Å². The predicted molar refractivity (Wildman–Crippen MR) is 96.9 cm³/mol. The molecule has 0 spiro atoms. The van der Waals surface area contributed by atoms with Crippen LogP contribution in [-0.4, -0.2) is 31.5 Å². The van der Waals surface area contributed by atoms with Crippen molar-refractivity contribution in [3.63, 3.8) is 0 Å². The molecule has 0 saturated carbocycles. The number of imidazole rings is 1. The summed E-state index contributed by atoms with van der Waals surface area (Å²) in [5, 5.41) is 0.915. The van der Waals surface area contributed by atoms with Crippen LogP contribution in [0.25, 0.3) is 11.2 Å². The average molecular weight is 391 g/mol. The lowest BCUT2D eigenvalue weighted by molar-refractivity contribution is 0.399. The van der Waals surface area contributed by atoms with E-state index in [1.54, 1.807) is 16.2 Å². The van der Waals surface area contributed by atoms with E-state index in [0.717, 1.165) is 23.7 Å². The fourth-order valence-electron chi connectivity index (χ4n) is 2.75. The van der Waals surface area contributed by atoms with Crippen LogP contribution in [0, 0.1) is 0 Å². The molecular weight excluding hydrogens is 372 g/mol. The Morgan fingerprint density at radius 1 is 1.12 bits per heavy atom. The first-order valence-corrected chi connectivity index (χ1v) is 8.96. The lowest BCUT2D eigenvalue weighted by Gasteiger charge is -2.04. The van der Waals surface area contributed by atoms with E-state index in [2.05, 4.69) is 25.9 Å². The van der Waals surface area contributed by atoms with Crippen molar-refractivity contribution in [2.24, 2.45) is 0 Å². The summed E-state index contributed by atoms with van der Waals surface area (Å²) < 4.78 is 8.77. The van der Waals surface area contributed by atoms with E-state index < -0.39 is 0 Å². The third kappa shape index (κ3) is 3.21. The molecule has 6 nitrogen and oxygen atoms in total. The Morgan fingerprint density at radius 3 is 2.62 bits per heavy atom. The minimum atomic E-state index is -0.0813. The van der Waals surface area contributed by atoms with Gasteiger partial charge in [-0.15, -0.1) is 0 Å². The van der Waals surface area contributed by atoms with Crippen molar-refractivity contribution in [1.82, 2.24) is 19.1 Å². The zero-order valence-corrected chi connectivity index (χ0v) is 15.1. The maximum absolute atomic E-state index is 12.9. The highest BCUT2D eigenvalue weighted by molar-refractivity contribution is 9.09. The van der Waals surface area contributed by atoms with Crippen molar-refractivity contribution in [3.8, 4) is 5.88 Å². The summed E-state index contributed by atoms with van der Waals surface area (Å²) in [5.74, 6) is 0.433. The summed E-state index contributed by atoms with van der Waals surface area (Å²) in [4.78, 5) is 21.4. The molecule has 0 atom stereocenters. The van der Waals surface area contributed by atoms with Crippen LogP contribution in [0.15, 0.2) is 41.5 Å². The minimum Gasteiger partial charge on any atom is -0.479 e. The molecule has 0 amide bonds. The van der Waals surface area contributed by atoms with Crippen molar-refractivity contribution in [2.45, 2.75) is 25.9 Å². The lowest BCUT2D eigenvalue weighted by atomic mass is 10.2. The summed E-state index contributed by atoms with van der Waals surface area (Å²) in [5.41, 5.74) is 2.24. The van der Waals surface area contributed by atoms with Gasteiger partial charge in [0, 0.05) is 11.9 Å². The van der Waals surface area contributed by atoms with Crippen LogP contribution >= 0.6 is 15.9 Å². The maximum Gasteiger partial charge on any atom is 0.330 e. The molecule has 0 aliphatic rings. The number of halogens is 1. The summed E-state index contributed by atoms with van der Waals surface area (Å²) in [7, 11) is 1.56. The van der Waals surface area contributed by atoms with E-state index in [-0.39, 0.29) is 5.69 Å². The molecule has 24 heavy (non-hydrogen) atoms. The van der Waals surface area contributed by atoms with E-state index in [1.165, 1.54) is 6.33 Å². The third-order valence-electron chi connectivity index (χ3n) is 3.90. The van der Waals surface area contributed by atoms with E-state index in [1.807, 2.05) is 30.3 Å². The van der Waals surface area contributed by atoms with Crippen molar-refractivity contribution in [3.05, 3.63) is 52.7 Å². The van der Waals surface area contributed by atoms with Crippen LogP contribution in [0.5, 0.6) is 5.88 Å². The van der Waals surface area contributed by atoms with Crippen molar-refractivity contribution < 1.29 is 4.74 Å². The van der Waals surface area contributed by atoms with Gasteiger partial charge < -0.3 is 4.74 Å². The van der Waals surface area contributed by atoms with Crippen molar-refractivity contribution in [1.29, 1.82) is 0 Å². The molecule has 0 saturated heterocycles. The summed E-state index contributed by atoms with van der Waals surface area (Å²) in [6, 6.07) is 9.88. The molecule has 0 N–H and O–H groups in total. The molecule has 3 rings (SSSR count). The molecular formula is C17H19BrN4O2. The fraction of sp³-hybridized carbons (Fsp3) is 0.353. The van der Waals surface area contributed by atoms with Gasteiger partial charge >= 0.3 is 5.69 Å². The van der Waals surface area contributed by atoms with E-state index in [0.29, 0.717) is 30.1 Å². The number of unbranched alkanes of at least 4 members (excludes halogenated alkanes) is 1. The number of methoxy groups -OCH3 is 1. The van der Waals surface area contributed by atoms with Crippen LogP contribution in [0.2, 0.25) is 0 Å². The average Bonchev–Trinajstić information content (AvgIpc) is 2.88. The Kier molecular flexibility index (Phi) is 5.30. The number of nitrogens with zero attached hydrogens (tertiary/aromatic N) is 4. The second kappa shape index (κ2) is 7.61. The van der Waals surface area contributed by atoms with E-state index in [4.69, 9.17) is 4.74 Å². The molecule has 2 aromatic heterocycles. The van der Waals surface area contributed by atoms with E-state index in [9.17, 15) is 4.79 Å². The molecule has 3 aromatic rings. The van der Waals surface area contributed by atoms with Crippen molar-refractivity contribution >= 4 is 27.1 Å². The number of hydrogen-bond acceptors (Lipinski definition) is 4. The van der Waals surface area contributed by atoms with Gasteiger partial charge in [0.05, 0.1) is 13.7 Å². The van der Waals surface area contributed by atoms with Gasteiger partial charge in [0.15, 0.2) is 11.2 Å². The largest absolute Gasteiger partial charge is 0.479 e. The van der Waals surface area contributed by atoms with Gasteiger partial charge in [0.2, 0.25) is 5.88 Å². The smallest absolute Gasteiger partial charge is 0.330 e. The Bertz CT molecular complexity index is 873. The normalized spacial score (nSPS) is 11.1. The number of rotatable bonds is 7. The molecule has 0 fully saturated rings. The van der Waals surface area contributed by atoms with Gasteiger partial charge in [-0.1, -0.05) is 46.3 Å². The second-order valence-electron chi connectivity index (χ2n) is 5.46. The number of alkyl halides is 1. The molecule has 0 aliphatic carbocycles. The number of hydrogen-bond donors (Lipinski definition) is 0. The summed E-state index contributed by atoms with van der Waals surface area (Å²) in [6.45, 7) is 1.09. The van der Waals surface area contributed by atoms with Gasteiger partial charge in [-0.2, -0.15) is 4.98 Å². The Labute approximate surface area is 148 Å². The number of fused-ring (bicyclic) bond motifs is 1. The highest BCUT2D eigenvalue weighted by Gasteiger charge is 2.19. The van der Waals surface area contributed by atoms with Gasteiger partial charge in [0.1, 0.15) is 6.33 Å². The van der Waals surface area contributed by atoms with E-state index >= 15 is 0 Å². The summed E-state index contributed by atoms with van der Waals surface area (Å²) >= 11 is 3.43. The molecule has 2 heterocycles. The second-order valence-corrected chi connectivity index (χ2v) is 6.25. The number of aryl methyl sites for hydroxylation is 1. The first-order valence-electron chi connectivity index (χ1n) is 7.84. The van der Waals surface area contributed by atoms with Gasteiger partial charge in [0.25, 0.3) is 0 Å². The highest BCUT2D eigenvalue weighted by Crippen LogP contribution is 2.21. The third-order valence-corrected chi connectivity index (χ3v) is 4.46. The number of ether oxygens (including phenoxy) is 1. The number of benzene rings is 1. The number of aromatic nitrogens is 4. The zero-order valence-electron chi connectivity index (χ0n) is 13.5. The SMILES string of the molecule is COc1ncnc2c1n(CCCCBr)c(=O)n2Cc1ccccc1. The maximum atomic E-state index is 12.9. The Hall–Kier alpha value is -2.15. The minimum absolute atomic E-state index is 0.0813. The quantitative estimate of drug-likeness (QED) is 0.459. The van der Waals surface area contributed by atoms with Crippen LogP contribution in [0.1, 0.15) is 18.4 Å². The van der Waals surface area contributed by atoms with Crippen LogP contribution in [0.3, 0.4) is 0 Å². The molecule has 0 radical (unpaired) electrons. The highest BCUT2D eigenvalue weighted by atomic mass is 79.9. The fourth-order valence-corrected chi connectivity index (χ4v) is 3.15. The molecule has 1 aromatic carbocycles. The topological polar surface area (TPSA) is 61.9 Å². The first-order chi connectivity index (χ1) is 11.8. The lowest BCUT2D eigenvalue weighted by Crippen LogP contribution is -2.25. The predicted octanol–water partition coefficient (Wildman–Crippen LogP) is 2.83. The molecule has 126 valence electrons.